The first-order chi connectivity index (χ1) is 9.92. The molecule has 0 amide bonds. The van der Waals surface area contributed by atoms with Gasteiger partial charge in [0.05, 0.1) is 12.8 Å². The lowest BCUT2D eigenvalue weighted by Gasteiger charge is -2.04. The lowest BCUT2D eigenvalue weighted by atomic mass is 10.3. The SMILES string of the molecule is COC(=O)c1nc(Nc2ccc(F)cc2I)sc1C(C)=O. The lowest BCUT2D eigenvalue weighted by molar-refractivity contribution is 0.0591. The number of thiazole rings is 1. The Morgan fingerprint density at radius 3 is 2.71 bits per heavy atom. The number of nitrogens with one attached hydrogen (secondary N) is 1. The van der Waals surface area contributed by atoms with Gasteiger partial charge in [-0.3, -0.25) is 4.79 Å². The number of methoxy groups -OCH3 is 1. The molecule has 0 aliphatic rings. The highest BCUT2D eigenvalue weighted by atomic mass is 127. The van der Waals surface area contributed by atoms with Gasteiger partial charge in [0.25, 0.3) is 0 Å². The van der Waals surface area contributed by atoms with E-state index in [1.807, 2.05) is 22.6 Å². The van der Waals surface area contributed by atoms with Crippen LogP contribution in [0, 0.1) is 9.39 Å². The number of Topliss-reactive ketones (excluding diaryl/α,β-unsaturated/α-hetero) is 1. The summed E-state index contributed by atoms with van der Waals surface area (Å²) in [5, 5.41) is 3.33. The van der Waals surface area contributed by atoms with Gasteiger partial charge in [0.1, 0.15) is 10.7 Å². The van der Waals surface area contributed by atoms with Crippen LogP contribution >= 0.6 is 33.9 Å². The molecule has 0 unspecified atom stereocenters. The van der Waals surface area contributed by atoms with Gasteiger partial charge >= 0.3 is 5.97 Å². The summed E-state index contributed by atoms with van der Waals surface area (Å²) >= 11 is 3.03. The van der Waals surface area contributed by atoms with Gasteiger partial charge in [-0.2, -0.15) is 0 Å². The Balaban J connectivity index is 2.37. The van der Waals surface area contributed by atoms with E-state index >= 15 is 0 Å². The minimum Gasteiger partial charge on any atom is -0.464 e. The molecule has 8 heteroatoms. The summed E-state index contributed by atoms with van der Waals surface area (Å²) in [5.41, 5.74) is 0.617. The van der Waals surface area contributed by atoms with Gasteiger partial charge < -0.3 is 10.1 Å². The number of ketones is 1. The minimum atomic E-state index is -0.668. The molecule has 0 radical (unpaired) electrons. The minimum absolute atomic E-state index is 0.0189. The number of hydrogen-bond acceptors (Lipinski definition) is 6. The first kappa shape index (κ1) is 15.8. The molecule has 0 bridgehead atoms. The van der Waals surface area contributed by atoms with E-state index in [1.165, 1.54) is 26.2 Å². The molecule has 2 rings (SSSR count). The number of halogens is 2. The summed E-state index contributed by atoms with van der Waals surface area (Å²) < 4.78 is 18.3. The summed E-state index contributed by atoms with van der Waals surface area (Å²) in [5.74, 6) is -1.28. The molecule has 1 aromatic heterocycles. The number of aromatic nitrogens is 1. The van der Waals surface area contributed by atoms with Crippen LogP contribution in [-0.4, -0.2) is 23.8 Å². The van der Waals surface area contributed by atoms with E-state index < -0.39 is 5.97 Å². The highest BCUT2D eigenvalue weighted by Crippen LogP contribution is 2.29. The van der Waals surface area contributed by atoms with Crippen LogP contribution in [0.3, 0.4) is 0 Å². The Hall–Kier alpha value is -1.55. The van der Waals surface area contributed by atoms with Gasteiger partial charge in [0.15, 0.2) is 16.6 Å². The fraction of sp³-hybridized carbons (Fsp3) is 0.154. The van der Waals surface area contributed by atoms with E-state index in [4.69, 9.17) is 0 Å². The molecule has 2 aromatic rings. The third kappa shape index (κ3) is 3.56. The predicted octanol–water partition coefficient (Wildman–Crippen LogP) is 3.62. The quantitative estimate of drug-likeness (QED) is 0.465. The van der Waals surface area contributed by atoms with Crippen molar-refractivity contribution >= 4 is 56.5 Å². The number of carbonyl (C=O) groups is 2. The molecule has 0 aliphatic carbocycles. The molecule has 110 valence electrons. The summed E-state index contributed by atoms with van der Waals surface area (Å²) in [6.45, 7) is 1.35. The van der Waals surface area contributed by atoms with E-state index in [-0.39, 0.29) is 22.2 Å². The van der Waals surface area contributed by atoms with Crippen molar-refractivity contribution in [3.8, 4) is 0 Å². The van der Waals surface area contributed by atoms with Crippen LogP contribution in [0.25, 0.3) is 0 Å². The zero-order chi connectivity index (χ0) is 15.6. The fourth-order valence-electron chi connectivity index (χ4n) is 1.55. The van der Waals surface area contributed by atoms with Crippen LogP contribution in [0.15, 0.2) is 18.2 Å². The number of anilines is 2. The zero-order valence-corrected chi connectivity index (χ0v) is 14.0. The number of benzene rings is 1. The number of esters is 1. The molecule has 0 atom stereocenters. The van der Waals surface area contributed by atoms with Gasteiger partial charge in [0, 0.05) is 10.5 Å². The van der Waals surface area contributed by atoms with E-state index in [9.17, 15) is 14.0 Å². The van der Waals surface area contributed by atoms with Gasteiger partial charge in [0.2, 0.25) is 0 Å². The number of carbonyl (C=O) groups excluding carboxylic acids is 2. The Kier molecular flexibility index (Phi) is 4.88. The van der Waals surface area contributed by atoms with Crippen LogP contribution in [0.1, 0.15) is 27.1 Å². The van der Waals surface area contributed by atoms with E-state index in [0.717, 1.165) is 11.3 Å². The van der Waals surface area contributed by atoms with Gasteiger partial charge in [-0.1, -0.05) is 11.3 Å². The van der Waals surface area contributed by atoms with Gasteiger partial charge in [-0.05, 0) is 40.8 Å². The van der Waals surface area contributed by atoms with Crippen molar-refractivity contribution in [3.63, 3.8) is 0 Å². The molecule has 1 N–H and O–H groups in total. The number of nitrogens with zero attached hydrogens (tertiary/aromatic N) is 1. The highest BCUT2D eigenvalue weighted by molar-refractivity contribution is 14.1. The van der Waals surface area contributed by atoms with Crippen molar-refractivity contribution in [1.82, 2.24) is 4.98 Å². The monoisotopic (exact) mass is 420 g/mol. The molecule has 5 nitrogen and oxygen atoms in total. The topological polar surface area (TPSA) is 68.3 Å². The summed E-state index contributed by atoms with van der Waals surface area (Å²) in [6, 6.07) is 4.23. The Morgan fingerprint density at radius 1 is 1.43 bits per heavy atom. The van der Waals surface area contributed by atoms with Crippen LogP contribution in [0.5, 0.6) is 0 Å². The smallest absolute Gasteiger partial charge is 0.358 e. The third-order valence-corrected chi connectivity index (χ3v) is 4.46. The summed E-state index contributed by atoms with van der Waals surface area (Å²) in [7, 11) is 1.22. The Morgan fingerprint density at radius 2 is 2.14 bits per heavy atom. The maximum absolute atomic E-state index is 13.1. The van der Waals surface area contributed by atoms with Crippen LogP contribution in [0.2, 0.25) is 0 Å². The average molecular weight is 420 g/mol. The summed E-state index contributed by atoms with van der Waals surface area (Å²) in [6.07, 6.45) is 0. The fourth-order valence-corrected chi connectivity index (χ4v) is 3.03. The van der Waals surface area contributed by atoms with E-state index in [1.54, 1.807) is 6.07 Å². The molecule has 1 aromatic carbocycles. The maximum atomic E-state index is 13.1. The second kappa shape index (κ2) is 6.48. The highest BCUT2D eigenvalue weighted by Gasteiger charge is 2.22. The van der Waals surface area contributed by atoms with Crippen LogP contribution < -0.4 is 5.32 Å². The molecule has 0 saturated heterocycles. The molecule has 0 fully saturated rings. The third-order valence-electron chi connectivity index (χ3n) is 2.50. The normalized spacial score (nSPS) is 10.3. The zero-order valence-electron chi connectivity index (χ0n) is 11.1. The second-order valence-corrected chi connectivity index (χ2v) is 6.15. The van der Waals surface area contributed by atoms with Crippen molar-refractivity contribution in [3.05, 3.63) is 38.2 Å². The first-order valence-corrected chi connectivity index (χ1v) is 7.64. The Labute approximate surface area is 137 Å². The number of hydrogen-bond donors (Lipinski definition) is 1. The number of rotatable bonds is 4. The molecular formula is C13H10FIN2O3S. The number of ether oxygens (including phenoxy) is 1. The largest absolute Gasteiger partial charge is 0.464 e. The Bertz CT molecular complexity index is 717. The van der Waals surface area contributed by atoms with Crippen LogP contribution in [0.4, 0.5) is 15.2 Å². The van der Waals surface area contributed by atoms with Crippen molar-refractivity contribution in [2.45, 2.75) is 6.92 Å². The molecule has 0 saturated carbocycles. The standard InChI is InChI=1S/C13H10FIN2O3S/c1-6(18)11-10(12(19)20-2)17-13(21-11)16-9-4-3-7(14)5-8(9)15/h3-5H,1-2H3,(H,16,17). The molecule has 1 heterocycles. The molecule has 0 spiro atoms. The van der Waals surface area contributed by atoms with Crippen molar-refractivity contribution < 1.29 is 18.7 Å². The van der Waals surface area contributed by atoms with E-state index in [2.05, 4.69) is 15.0 Å². The second-order valence-electron chi connectivity index (χ2n) is 3.99. The van der Waals surface area contributed by atoms with Crippen LogP contribution in [-0.2, 0) is 4.74 Å². The molecule has 21 heavy (non-hydrogen) atoms. The summed E-state index contributed by atoms with van der Waals surface area (Å²) in [4.78, 5) is 27.5. The predicted molar refractivity (Wildman–Crippen MR) is 85.9 cm³/mol. The van der Waals surface area contributed by atoms with Gasteiger partial charge in [-0.15, -0.1) is 0 Å². The van der Waals surface area contributed by atoms with E-state index in [0.29, 0.717) is 14.4 Å². The average Bonchev–Trinajstić information content (AvgIpc) is 2.85. The molecular weight excluding hydrogens is 410 g/mol. The van der Waals surface area contributed by atoms with Crippen molar-refractivity contribution in [2.24, 2.45) is 0 Å². The first-order valence-electron chi connectivity index (χ1n) is 5.74. The lowest BCUT2D eigenvalue weighted by Crippen LogP contribution is -2.07. The maximum Gasteiger partial charge on any atom is 0.358 e. The molecule has 0 aliphatic heterocycles. The van der Waals surface area contributed by atoms with Gasteiger partial charge in [-0.25, -0.2) is 14.2 Å². The van der Waals surface area contributed by atoms with Crippen molar-refractivity contribution in [1.29, 1.82) is 0 Å². The van der Waals surface area contributed by atoms with Crippen molar-refractivity contribution in [2.75, 3.05) is 12.4 Å².